The van der Waals surface area contributed by atoms with Crippen molar-refractivity contribution in [3.63, 3.8) is 0 Å². The Hall–Kier alpha value is -2.46. The fourth-order valence-electron chi connectivity index (χ4n) is 13.1. The summed E-state index contributed by atoms with van der Waals surface area (Å²) in [5.74, 6) is -1.41. The van der Waals surface area contributed by atoms with E-state index in [-0.39, 0.29) is 25.7 Å². The predicted octanol–water partition coefficient (Wildman–Crippen LogP) is 26.3. The number of phosphoric ester groups is 2. The first kappa shape index (κ1) is 104. The molecule has 0 aliphatic heterocycles. The maximum atomic E-state index is 13.2. The summed E-state index contributed by atoms with van der Waals surface area (Å²) in [5.41, 5.74) is 0. The van der Waals surface area contributed by atoms with Crippen molar-refractivity contribution in [3.05, 3.63) is 24.3 Å². The van der Waals surface area contributed by atoms with Crippen LogP contribution in [0.2, 0.25) is 0 Å². The molecular formula is C87H166O17P2. The maximum Gasteiger partial charge on any atom is 0.472 e. The summed E-state index contributed by atoms with van der Waals surface area (Å²) in [6.07, 6.45) is 76.0. The second kappa shape index (κ2) is 79.2. The summed E-state index contributed by atoms with van der Waals surface area (Å²) < 4.78 is 68.9. The summed E-state index contributed by atoms with van der Waals surface area (Å²) in [6, 6.07) is 0. The van der Waals surface area contributed by atoms with Gasteiger partial charge in [-0.1, -0.05) is 393 Å². The van der Waals surface area contributed by atoms with Gasteiger partial charge in [0.05, 0.1) is 26.4 Å². The van der Waals surface area contributed by atoms with E-state index in [1.54, 1.807) is 0 Å². The SMILES string of the molecule is CCCCCC/C=C\C=C/CCCCCCCC(=O)O[C@H](COC(=O)CCCCCCCCCCC(C)C)COP(=O)(O)OC[C@H](O)COP(=O)(O)OC[C@@H](COC(=O)CCCCCCCCCCCCCCCCCCCCC)OC(=O)CCCCCCCCCCCCCCCCCCCCCCC. The van der Waals surface area contributed by atoms with Crippen LogP contribution in [0.15, 0.2) is 24.3 Å². The highest BCUT2D eigenvalue weighted by Gasteiger charge is 2.30. The number of carbonyl (C=O) groups excluding carboxylic acids is 4. The molecule has 0 rings (SSSR count). The number of aliphatic hydroxyl groups is 1. The van der Waals surface area contributed by atoms with Crippen LogP contribution in [0, 0.1) is 5.92 Å². The molecule has 626 valence electrons. The number of carbonyl (C=O) groups is 4. The third-order valence-electron chi connectivity index (χ3n) is 19.9. The third-order valence-corrected chi connectivity index (χ3v) is 21.8. The van der Waals surface area contributed by atoms with E-state index in [4.69, 9.17) is 37.0 Å². The standard InChI is InChI=1S/C87H166O17P2/c1-6-9-12-15-18-21-24-27-30-32-34-35-37-39-42-45-48-51-58-63-68-73-86(91)103-82(76-97-84(89)70-65-60-55-49-46-43-41-38-36-33-31-28-25-22-19-16-13-10-7-2)78-101-105(93,94)99-74-81(88)75-100-106(95,96)102-79-83(77-98-85(90)71-66-61-56-53-52-54-59-64-69-80(4)5)104-87(92)72-67-62-57-50-47-44-40-29-26-23-20-17-14-11-8-3/h23,26,29,40,80-83,88H,6-22,24-25,27-28,30-39,41-79H2,1-5H3,(H,93,94)(H,95,96)/b26-23-,40-29-/t81-,82-,83-/m1/s1. The van der Waals surface area contributed by atoms with Crippen molar-refractivity contribution in [2.75, 3.05) is 39.6 Å². The van der Waals surface area contributed by atoms with Gasteiger partial charge in [-0.15, -0.1) is 0 Å². The van der Waals surface area contributed by atoms with Gasteiger partial charge >= 0.3 is 39.5 Å². The summed E-state index contributed by atoms with van der Waals surface area (Å²) >= 11 is 0. The second-order valence-corrected chi connectivity index (χ2v) is 34.0. The summed E-state index contributed by atoms with van der Waals surface area (Å²) in [7, 11) is -9.94. The molecule has 0 radical (unpaired) electrons. The molecule has 0 bridgehead atoms. The summed E-state index contributed by atoms with van der Waals surface area (Å²) in [6.45, 7) is 7.26. The largest absolute Gasteiger partial charge is 0.472 e. The number of esters is 4. The predicted molar refractivity (Wildman–Crippen MR) is 437 cm³/mol. The Morgan fingerprint density at radius 2 is 0.509 bits per heavy atom. The number of rotatable bonds is 85. The van der Waals surface area contributed by atoms with Crippen LogP contribution >= 0.6 is 15.6 Å². The van der Waals surface area contributed by atoms with Gasteiger partial charge in [-0.3, -0.25) is 37.3 Å². The Balaban J connectivity index is 5.26. The molecule has 0 fully saturated rings. The second-order valence-electron chi connectivity index (χ2n) is 31.1. The highest BCUT2D eigenvalue weighted by Crippen LogP contribution is 2.45. The van der Waals surface area contributed by atoms with Crippen LogP contribution in [-0.4, -0.2) is 96.7 Å². The first-order valence-corrected chi connectivity index (χ1v) is 47.4. The van der Waals surface area contributed by atoms with E-state index in [0.717, 1.165) is 109 Å². The molecule has 0 spiro atoms. The van der Waals surface area contributed by atoms with Crippen molar-refractivity contribution in [2.24, 2.45) is 5.92 Å². The lowest BCUT2D eigenvalue weighted by molar-refractivity contribution is -0.161. The zero-order chi connectivity index (χ0) is 77.6. The molecule has 0 aromatic carbocycles. The fourth-order valence-corrected chi connectivity index (χ4v) is 14.7. The van der Waals surface area contributed by atoms with Gasteiger partial charge in [-0.2, -0.15) is 0 Å². The first-order chi connectivity index (χ1) is 51.5. The van der Waals surface area contributed by atoms with E-state index in [1.807, 2.05) is 0 Å². The lowest BCUT2D eigenvalue weighted by Crippen LogP contribution is -2.30. The fraction of sp³-hybridized carbons (Fsp3) is 0.908. The molecule has 17 nitrogen and oxygen atoms in total. The van der Waals surface area contributed by atoms with E-state index in [2.05, 4.69) is 58.9 Å². The van der Waals surface area contributed by atoms with Gasteiger partial charge in [0.2, 0.25) is 0 Å². The van der Waals surface area contributed by atoms with Crippen LogP contribution < -0.4 is 0 Å². The molecule has 3 N–H and O–H groups in total. The Kier molecular flexibility index (Phi) is 77.4. The Bertz CT molecular complexity index is 2110. The molecule has 19 heteroatoms. The van der Waals surface area contributed by atoms with Crippen molar-refractivity contribution in [1.29, 1.82) is 0 Å². The number of allylic oxidation sites excluding steroid dienone is 4. The molecule has 106 heavy (non-hydrogen) atoms. The van der Waals surface area contributed by atoms with Crippen molar-refractivity contribution in [2.45, 2.75) is 464 Å². The van der Waals surface area contributed by atoms with Crippen LogP contribution in [0.4, 0.5) is 0 Å². The molecule has 2 unspecified atom stereocenters. The van der Waals surface area contributed by atoms with Gasteiger partial charge in [-0.05, 0) is 57.3 Å². The minimum Gasteiger partial charge on any atom is -0.462 e. The van der Waals surface area contributed by atoms with E-state index < -0.39 is 97.5 Å². The van der Waals surface area contributed by atoms with E-state index in [1.165, 1.54) is 257 Å². The molecule has 0 amide bonds. The highest BCUT2D eigenvalue weighted by molar-refractivity contribution is 7.47. The molecule has 0 heterocycles. The van der Waals surface area contributed by atoms with E-state index in [9.17, 15) is 43.2 Å². The normalized spacial score (nSPS) is 13.9. The van der Waals surface area contributed by atoms with Gasteiger partial charge in [0.15, 0.2) is 12.2 Å². The molecule has 0 saturated carbocycles. The minimum absolute atomic E-state index is 0.0850. The number of phosphoric acid groups is 2. The number of ether oxygens (including phenoxy) is 4. The van der Waals surface area contributed by atoms with Gasteiger partial charge in [0, 0.05) is 25.7 Å². The molecule has 0 aliphatic rings. The minimum atomic E-state index is -4.97. The number of hydrogen-bond acceptors (Lipinski definition) is 15. The molecule has 0 aromatic rings. The van der Waals surface area contributed by atoms with Gasteiger partial charge < -0.3 is 33.8 Å². The van der Waals surface area contributed by atoms with Gasteiger partial charge in [0.1, 0.15) is 19.3 Å². The Labute approximate surface area is 650 Å². The van der Waals surface area contributed by atoms with Gasteiger partial charge in [-0.25, -0.2) is 9.13 Å². The molecule has 0 aromatic heterocycles. The Morgan fingerprint density at radius 3 is 0.774 bits per heavy atom. The monoisotopic (exact) mass is 1550 g/mol. The molecular weight excluding hydrogens is 1380 g/mol. The van der Waals surface area contributed by atoms with Crippen molar-refractivity contribution in [1.82, 2.24) is 0 Å². The van der Waals surface area contributed by atoms with Gasteiger partial charge in [0.25, 0.3) is 0 Å². The molecule has 5 atom stereocenters. The van der Waals surface area contributed by atoms with Crippen LogP contribution in [0.5, 0.6) is 0 Å². The van der Waals surface area contributed by atoms with Crippen molar-refractivity contribution in [3.8, 4) is 0 Å². The molecule has 0 saturated heterocycles. The van der Waals surface area contributed by atoms with Crippen LogP contribution in [0.1, 0.15) is 446 Å². The van der Waals surface area contributed by atoms with Crippen LogP contribution in [0.25, 0.3) is 0 Å². The topological polar surface area (TPSA) is 237 Å². The smallest absolute Gasteiger partial charge is 0.462 e. The maximum absolute atomic E-state index is 13.2. The number of unbranched alkanes of at least 4 members (excludes halogenated alkanes) is 54. The van der Waals surface area contributed by atoms with Crippen LogP contribution in [0.3, 0.4) is 0 Å². The third kappa shape index (κ3) is 79.6. The average molecular weight is 1550 g/mol. The summed E-state index contributed by atoms with van der Waals surface area (Å²) in [5, 5.41) is 10.7. The quantitative estimate of drug-likeness (QED) is 0.0169. The summed E-state index contributed by atoms with van der Waals surface area (Å²) in [4.78, 5) is 73.2. The Morgan fingerprint density at radius 1 is 0.292 bits per heavy atom. The molecule has 0 aliphatic carbocycles. The number of aliphatic hydroxyl groups excluding tert-OH is 1. The highest BCUT2D eigenvalue weighted by atomic mass is 31.2. The van der Waals surface area contributed by atoms with Crippen molar-refractivity contribution < 1.29 is 80.2 Å². The van der Waals surface area contributed by atoms with Crippen molar-refractivity contribution >= 4 is 39.5 Å². The van der Waals surface area contributed by atoms with E-state index in [0.29, 0.717) is 25.7 Å². The lowest BCUT2D eigenvalue weighted by atomic mass is 10.0. The van der Waals surface area contributed by atoms with E-state index >= 15 is 0 Å². The first-order valence-electron chi connectivity index (χ1n) is 44.5. The lowest BCUT2D eigenvalue weighted by Gasteiger charge is -2.21. The zero-order valence-electron chi connectivity index (χ0n) is 69.1. The average Bonchev–Trinajstić information content (AvgIpc) is 0.925. The van der Waals surface area contributed by atoms with Crippen LogP contribution in [-0.2, 0) is 65.4 Å². The zero-order valence-corrected chi connectivity index (χ0v) is 70.9. The number of hydrogen-bond donors (Lipinski definition) is 3.